The average molecular weight is 768 g/mol. The fourth-order valence-electron chi connectivity index (χ4n) is 8.96. The molecule has 18 nitrogen and oxygen atoms in total. The molecule has 3 aliphatic heterocycles. The van der Waals surface area contributed by atoms with Gasteiger partial charge in [0.15, 0.2) is 23.6 Å². The molecule has 2 saturated heterocycles. The Hall–Kier alpha value is -5.26. The van der Waals surface area contributed by atoms with Crippen molar-refractivity contribution in [1.29, 1.82) is 5.41 Å². The number of hydrogen-bond acceptors (Lipinski definition) is 11. The Bertz CT molecular complexity index is 1720. The molecule has 0 radical (unpaired) electrons. The number of carbonyl (C=O) groups excluding carboxylic acids is 5. The summed E-state index contributed by atoms with van der Waals surface area (Å²) in [6.07, 6.45) is 3.28. The smallest absolute Gasteiger partial charge is 0.415 e. The Morgan fingerprint density at radius 2 is 1.91 bits per heavy atom. The summed E-state index contributed by atoms with van der Waals surface area (Å²) in [5, 5.41) is 18.0. The summed E-state index contributed by atoms with van der Waals surface area (Å²) in [5.74, 6) is 0.338. The largest absolute Gasteiger partial charge is 0.493 e. The molecule has 0 unspecified atom stereocenters. The van der Waals surface area contributed by atoms with Crippen LogP contribution in [0.15, 0.2) is 24.0 Å². The molecule has 1 aromatic rings. The third-order valence-electron chi connectivity index (χ3n) is 11.5. The lowest BCUT2D eigenvalue weighted by Crippen LogP contribution is -2.64. The Morgan fingerprint density at radius 3 is 2.64 bits per heavy atom. The van der Waals surface area contributed by atoms with E-state index in [-0.39, 0.29) is 69.6 Å². The molecule has 6 rings (SSSR count). The molecule has 3 heterocycles. The number of guanidine groups is 1. The summed E-state index contributed by atoms with van der Waals surface area (Å²) < 4.78 is 24.0. The number of hydrogen-bond donors (Lipinski definition) is 6. The van der Waals surface area contributed by atoms with Gasteiger partial charge in [0, 0.05) is 56.7 Å². The monoisotopic (exact) mass is 767 g/mol. The van der Waals surface area contributed by atoms with Gasteiger partial charge in [0.2, 0.25) is 17.7 Å². The van der Waals surface area contributed by atoms with Gasteiger partial charge in [0.05, 0.1) is 26.3 Å². The zero-order valence-electron chi connectivity index (χ0n) is 31.9. The van der Waals surface area contributed by atoms with Crippen LogP contribution in [0.3, 0.4) is 0 Å². The van der Waals surface area contributed by atoms with E-state index in [1.807, 2.05) is 12.1 Å². The molecule has 7 N–H and O–H groups in total. The van der Waals surface area contributed by atoms with Gasteiger partial charge < -0.3 is 55.7 Å². The standard InChI is InChI=1S/C37H53N9O9/c1-5-53-35(50)45-15-16-46(23(20-45)18-42-33(49)25(7-6-13-40-34(38)39)43-29(48)19-41-21(2)47)36(51)54-28-11-9-24-26-17-22-8-10-27(52-4)31-30(22)37(24,32(28)55-31)12-14-44(26)3/h8,10-11,23-26,32H,5-7,9,12-20H2,1-4H3,(H,41,47)(H,42,49)(H,43,48)(H4,38,39,40)/t23-,24-,25-,26+,32-,37-/m0/s1. The van der Waals surface area contributed by atoms with Crippen LogP contribution in [0, 0.1) is 11.3 Å². The highest BCUT2D eigenvalue weighted by molar-refractivity contribution is 5.90. The number of nitrogens with one attached hydrogen (secondary N) is 5. The third kappa shape index (κ3) is 7.95. The fraction of sp³-hybridized carbons (Fsp3) is 0.622. The van der Waals surface area contributed by atoms with Crippen LogP contribution in [-0.4, -0.2) is 141 Å². The number of amides is 5. The van der Waals surface area contributed by atoms with Gasteiger partial charge in [-0.15, -0.1) is 0 Å². The number of piperazine rings is 1. The maximum absolute atomic E-state index is 14.2. The zero-order chi connectivity index (χ0) is 39.4. The van der Waals surface area contributed by atoms with Crippen molar-refractivity contribution in [2.75, 3.05) is 66.6 Å². The molecule has 2 fully saturated rings. The first-order valence-electron chi connectivity index (χ1n) is 18.9. The Morgan fingerprint density at radius 1 is 1.11 bits per heavy atom. The van der Waals surface area contributed by atoms with E-state index in [9.17, 15) is 24.0 Å². The van der Waals surface area contributed by atoms with E-state index in [0.29, 0.717) is 36.1 Å². The maximum Gasteiger partial charge on any atom is 0.415 e. The second kappa shape index (κ2) is 16.6. The number of nitrogens with two attached hydrogens (primary N) is 1. The van der Waals surface area contributed by atoms with Crippen LogP contribution in [0.2, 0.25) is 0 Å². The van der Waals surface area contributed by atoms with Crippen molar-refractivity contribution in [1.82, 2.24) is 36.0 Å². The number of likely N-dealkylation sites (N-methyl/N-ethyl adjacent to an activating group) is 1. The molecular weight excluding hydrogens is 714 g/mol. The summed E-state index contributed by atoms with van der Waals surface area (Å²) in [7, 11) is 3.79. The van der Waals surface area contributed by atoms with E-state index < -0.39 is 48.1 Å². The van der Waals surface area contributed by atoms with E-state index in [1.165, 1.54) is 22.3 Å². The Balaban J connectivity index is 1.19. The lowest BCUT2D eigenvalue weighted by molar-refractivity contribution is -0.129. The number of allylic oxidation sites excluding steroid dienone is 1. The van der Waals surface area contributed by atoms with E-state index in [1.54, 1.807) is 14.0 Å². The molecule has 2 bridgehead atoms. The molecule has 5 amide bonds. The van der Waals surface area contributed by atoms with E-state index in [0.717, 1.165) is 24.9 Å². The summed E-state index contributed by atoms with van der Waals surface area (Å²) in [6, 6.07) is 2.67. The summed E-state index contributed by atoms with van der Waals surface area (Å²) in [6.45, 7) is 4.29. The predicted molar refractivity (Wildman–Crippen MR) is 198 cm³/mol. The Kier molecular flexibility index (Phi) is 11.9. The number of ether oxygens (including phenoxy) is 4. The van der Waals surface area contributed by atoms with Gasteiger partial charge >= 0.3 is 12.2 Å². The normalized spacial score (nSPS) is 25.3. The molecule has 55 heavy (non-hydrogen) atoms. The molecule has 18 heteroatoms. The highest BCUT2D eigenvalue weighted by Gasteiger charge is 2.65. The van der Waals surface area contributed by atoms with Crippen LogP contribution < -0.4 is 36.5 Å². The molecule has 1 aromatic carbocycles. The lowest BCUT2D eigenvalue weighted by atomic mass is 9.53. The van der Waals surface area contributed by atoms with Gasteiger partial charge in [-0.25, -0.2) is 9.59 Å². The quantitative estimate of drug-likeness (QED) is 0.0895. The lowest BCUT2D eigenvalue weighted by Gasteiger charge is -2.56. The second-order valence-electron chi connectivity index (χ2n) is 14.7. The van der Waals surface area contributed by atoms with Crippen LogP contribution in [0.4, 0.5) is 9.59 Å². The highest BCUT2D eigenvalue weighted by Crippen LogP contribution is 2.63. The van der Waals surface area contributed by atoms with E-state index >= 15 is 0 Å². The number of methoxy groups -OCH3 is 1. The van der Waals surface area contributed by atoms with Gasteiger partial charge in [-0.05, 0) is 76.2 Å². The van der Waals surface area contributed by atoms with E-state index in [4.69, 9.17) is 30.1 Å². The van der Waals surface area contributed by atoms with Gasteiger partial charge in [0.25, 0.3) is 0 Å². The van der Waals surface area contributed by atoms with Gasteiger partial charge in [0.1, 0.15) is 11.8 Å². The first-order valence-corrected chi connectivity index (χ1v) is 18.9. The number of benzene rings is 1. The number of rotatable bonds is 13. The highest BCUT2D eigenvalue weighted by atomic mass is 16.6. The van der Waals surface area contributed by atoms with Crippen LogP contribution >= 0.6 is 0 Å². The van der Waals surface area contributed by atoms with Crippen molar-refractivity contribution in [3.8, 4) is 11.5 Å². The number of nitrogens with zero attached hydrogens (tertiary/aromatic N) is 3. The first-order chi connectivity index (χ1) is 26.4. The van der Waals surface area contributed by atoms with Crippen molar-refractivity contribution in [2.24, 2.45) is 11.7 Å². The molecule has 0 saturated carbocycles. The van der Waals surface area contributed by atoms with Crippen molar-refractivity contribution >= 4 is 35.9 Å². The van der Waals surface area contributed by atoms with Crippen LogP contribution in [0.1, 0.15) is 50.7 Å². The number of carbonyl (C=O) groups is 5. The van der Waals surface area contributed by atoms with Gasteiger partial charge in [-0.2, -0.15) is 0 Å². The van der Waals surface area contributed by atoms with Crippen LogP contribution in [0.5, 0.6) is 11.5 Å². The SMILES string of the molecule is CCOC(=O)N1CCN(C(=O)OC2=CC[C@H]3[C@H]4Cc5ccc(OC)c6c5[C@@]3(CCN4C)[C@H]2O6)[C@@H](CNC(=O)[C@H](CCCNC(=N)N)NC(=O)CNC(C)=O)C1. The molecule has 1 spiro atoms. The third-order valence-corrected chi connectivity index (χ3v) is 11.5. The van der Waals surface area contributed by atoms with Crippen molar-refractivity contribution in [2.45, 2.75) is 75.6 Å². The van der Waals surface area contributed by atoms with Gasteiger partial charge in [-0.3, -0.25) is 24.7 Å². The summed E-state index contributed by atoms with van der Waals surface area (Å²) in [4.78, 5) is 70.0. The van der Waals surface area contributed by atoms with Gasteiger partial charge in [-0.1, -0.05) is 6.07 Å². The van der Waals surface area contributed by atoms with E-state index in [2.05, 4.69) is 39.3 Å². The summed E-state index contributed by atoms with van der Waals surface area (Å²) >= 11 is 0. The topological polar surface area (TPSA) is 230 Å². The van der Waals surface area contributed by atoms with Crippen LogP contribution in [-0.2, 0) is 35.7 Å². The Labute approximate surface area is 320 Å². The second-order valence-corrected chi connectivity index (χ2v) is 14.7. The molecular formula is C37H53N9O9. The van der Waals surface area contributed by atoms with Crippen molar-refractivity contribution in [3.63, 3.8) is 0 Å². The first kappa shape index (κ1) is 39.4. The predicted octanol–water partition coefficient (Wildman–Crippen LogP) is 0.138. The average Bonchev–Trinajstić information content (AvgIpc) is 3.51. The van der Waals surface area contributed by atoms with Crippen molar-refractivity contribution < 1.29 is 42.9 Å². The fourth-order valence-corrected chi connectivity index (χ4v) is 8.96. The number of likely N-dealkylation sites (tertiary alicyclic amines) is 1. The molecule has 6 atom stereocenters. The van der Waals surface area contributed by atoms with Crippen molar-refractivity contribution in [3.05, 3.63) is 35.1 Å². The van der Waals surface area contributed by atoms with Crippen LogP contribution in [0.25, 0.3) is 0 Å². The number of piperidine rings is 1. The molecule has 0 aromatic heterocycles. The summed E-state index contributed by atoms with van der Waals surface area (Å²) in [5.41, 5.74) is 7.39. The molecule has 300 valence electrons. The minimum Gasteiger partial charge on any atom is -0.493 e. The maximum atomic E-state index is 14.2. The molecule has 5 aliphatic rings. The minimum absolute atomic E-state index is 0.0569. The zero-order valence-corrected chi connectivity index (χ0v) is 31.9. The molecule has 2 aliphatic carbocycles. The minimum atomic E-state index is -1.00.